The molecule has 0 saturated carbocycles. The Morgan fingerprint density at radius 1 is 1.31 bits per heavy atom. The lowest BCUT2D eigenvalue weighted by Crippen LogP contribution is -1.87. The number of hydrogen-bond acceptors (Lipinski definition) is 1. The van der Waals surface area contributed by atoms with Crippen LogP contribution in [0.4, 0.5) is 0 Å². The van der Waals surface area contributed by atoms with Crippen LogP contribution in [0.15, 0.2) is 29.2 Å². The van der Waals surface area contributed by atoms with Crippen LogP contribution in [0.3, 0.4) is 0 Å². The second kappa shape index (κ2) is 3.00. The van der Waals surface area contributed by atoms with Crippen LogP contribution in [-0.2, 0) is 10.8 Å². The van der Waals surface area contributed by atoms with Crippen molar-refractivity contribution in [1.29, 1.82) is 0 Å². The van der Waals surface area contributed by atoms with E-state index in [0.717, 1.165) is 21.5 Å². The van der Waals surface area contributed by atoms with Gasteiger partial charge < -0.3 is 4.98 Å². The summed E-state index contributed by atoms with van der Waals surface area (Å²) in [5.41, 5.74) is 2.06. The molecule has 13 heavy (non-hydrogen) atoms. The maximum absolute atomic E-state index is 11.4. The standard InChI is InChI=1S/C10H11NOS/c1-7-10(13(2)12)8-5-3-4-6-9(8)11-7/h3-6,11H,1-2H3. The van der Waals surface area contributed by atoms with Crippen LogP contribution in [0.1, 0.15) is 5.69 Å². The lowest BCUT2D eigenvalue weighted by atomic mass is 10.2. The van der Waals surface area contributed by atoms with Crippen molar-refractivity contribution in [3.63, 3.8) is 0 Å². The summed E-state index contributed by atoms with van der Waals surface area (Å²) in [5, 5.41) is 1.07. The minimum Gasteiger partial charge on any atom is -0.358 e. The van der Waals surface area contributed by atoms with Crippen molar-refractivity contribution in [2.75, 3.05) is 6.26 Å². The average Bonchev–Trinajstić information content (AvgIpc) is 2.39. The molecule has 0 aliphatic carbocycles. The summed E-state index contributed by atoms with van der Waals surface area (Å²) in [7, 11) is -0.915. The van der Waals surface area contributed by atoms with Crippen LogP contribution in [-0.4, -0.2) is 15.4 Å². The molecule has 1 aromatic heterocycles. The van der Waals surface area contributed by atoms with Gasteiger partial charge in [0.25, 0.3) is 0 Å². The fourth-order valence-corrected chi connectivity index (χ4v) is 2.59. The first-order chi connectivity index (χ1) is 6.20. The van der Waals surface area contributed by atoms with E-state index in [1.54, 1.807) is 6.26 Å². The molecule has 2 aromatic rings. The number of fused-ring (bicyclic) bond motifs is 1. The maximum Gasteiger partial charge on any atom is 0.0668 e. The number of benzene rings is 1. The molecular weight excluding hydrogens is 182 g/mol. The SMILES string of the molecule is Cc1[nH]c2ccccc2c1S(C)=O. The van der Waals surface area contributed by atoms with Gasteiger partial charge in [0.15, 0.2) is 0 Å². The minimum atomic E-state index is -0.915. The first-order valence-corrected chi connectivity index (χ1v) is 5.66. The number of aromatic nitrogens is 1. The molecule has 0 amide bonds. The molecule has 0 saturated heterocycles. The van der Waals surface area contributed by atoms with E-state index >= 15 is 0 Å². The van der Waals surface area contributed by atoms with Gasteiger partial charge in [-0.15, -0.1) is 0 Å². The van der Waals surface area contributed by atoms with E-state index in [-0.39, 0.29) is 0 Å². The highest BCUT2D eigenvalue weighted by Gasteiger charge is 2.09. The number of aryl methyl sites for hydroxylation is 1. The maximum atomic E-state index is 11.4. The van der Waals surface area contributed by atoms with Crippen molar-refractivity contribution >= 4 is 21.7 Å². The highest BCUT2D eigenvalue weighted by atomic mass is 32.2. The molecule has 1 aromatic carbocycles. The summed E-state index contributed by atoms with van der Waals surface area (Å²) < 4.78 is 11.4. The van der Waals surface area contributed by atoms with Gasteiger partial charge in [-0.25, -0.2) is 0 Å². The number of nitrogens with one attached hydrogen (secondary N) is 1. The predicted molar refractivity (Wildman–Crippen MR) is 55.4 cm³/mol. The largest absolute Gasteiger partial charge is 0.358 e. The van der Waals surface area contributed by atoms with Gasteiger partial charge in [-0.2, -0.15) is 0 Å². The lowest BCUT2D eigenvalue weighted by molar-refractivity contribution is 0.687. The number of aromatic amines is 1. The summed E-state index contributed by atoms with van der Waals surface area (Å²) in [5.74, 6) is 0. The van der Waals surface area contributed by atoms with Crippen molar-refractivity contribution in [3.8, 4) is 0 Å². The van der Waals surface area contributed by atoms with Gasteiger partial charge in [0.05, 0.1) is 15.7 Å². The van der Waals surface area contributed by atoms with E-state index in [2.05, 4.69) is 4.98 Å². The minimum absolute atomic E-state index is 0.915. The zero-order valence-corrected chi connectivity index (χ0v) is 8.44. The topological polar surface area (TPSA) is 32.9 Å². The molecule has 0 radical (unpaired) electrons. The smallest absolute Gasteiger partial charge is 0.0668 e. The molecule has 1 N–H and O–H groups in total. The highest BCUT2D eigenvalue weighted by molar-refractivity contribution is 7.84. The third-order valence-electron chi connectivity index (χ3n) is 2.12. The quantitative estimate of drug-likeness (QED) is 0.740. The van der Waals surface area contributed by atoms with Gasteiger partial charge in [-0.3, -0.25) is 4.21 Å². The zero-order valence-electron chi connectivity index (χ0n) is 7.63. The van der Waals surface area contributed by atoms with Gasteiger partial charge in [0, 0.05) is 22.9 Å². The predicted octanol–water partition coefficient (Wildman–Crippen LogP) is 2.21. The fourth-order valence-electron chi connectivity index (χ4n) is 1.62. The molecule has 1 heterocycles. The Hall–Kier alpha value is -1.09. The summed E-state index contributed by atoms with van der Waals surface area (Å²) in [4.78, 5) is 4.14. The van der Waals surface area contributed by atoms with Crippen molar-refractivity contribution in [2.24, 2.45) is 0 Å². The fraction of sp³-hybridized carbons (Fsp3) is 0.200. The van der Waals surface area contributed by atoms with Crippen molar-refractivity contribution in [2.45, 2.75) is 11.8 Å². The summed E-state index contributed by atoms with van der Waals surface area (Å²) >= 11 is 0. The van der Waals surface area contributed by atoms with Gasteiger partial charge in [-0.05, 0) is 13.0 Å². The molecule has 0 bridgehead atoms. The summed E-state index contributed by atoms with van der Waals surface area (Å²) in [6.07, 6.45) is 1.71. The van der Waals surface area contributed by atoms with E-state index in [9.17, 15) is 4.21 Å². The van der Waals surface area contributed by atoms with Crippen LogP contribution in [0.2, 0.25) is 0 Å². The Morgan fingerprint density at radius 3 is 2.69 bits per heavy atom. The first-order valence-electron chi connectivity index (χ1n) is 4.11. The Bertz CT molecular complexity index is 473. The lowest BCUT2D eigenvalue weighted by Gasteiger charge is -1.94. The summed E-state index contributed by atoms with van der Waals surface area (Å²) in [6, 6.07) is 7.93. The molecule has 1 unspecified atom stereocenters. The van der Waals surface area contributed by atoms with E-state index in [0.29, 0.717) is 0 Å². The molecule has 2 nitrogen and oxygen atoms in total. The molecule has 3 heteroatoms. The van der Waals surface area contributed by atoms with Crippen LogP contribution in [0.25, 0.3) is 10.9 Å². The molecule has 68 valence electrons. The number of H-pyrrole nitrogens is 1. The Balaban J connectivity index is 2.86. The average molecular weight is 193 g/mol. The van der Waals surface area contributed by atoms with Gasteiger partial charge in [0.2, 0.25) is 0 Å². The van der Waals surface area contributed by atoms with E-state index in [4.69, 9.17) is 0 Å². The highest BCUT2D eigenvalue weighted by Crippen LogP contribution is 2.23. The zero-order chi connectivity index (χ0) is 9.42. The van der Waals surface area contributed by atoms with Crippen LogP contribution >= 0.6 is 0 Å². The molecular formula is C10H11NOS. The molecule has 0 aliphatic rings. The van der Waals surface area contributed by atoms with Crippen molar-refractivity contribution in [3.05, 3.63) is 30.0 Å². The van der Waals surface area contributed by atoms with Gasteiger partial charge >= 0.3 is 0 Å². The molecule has 1 atom stereocenters. The number of rotatable bonds is 1. The third kappa shape index (κ3) is 1.29. The van der Waals surface area contributed by atoms with E-state index in [1.165, 1.54) is 0 Å². The van der Waals surface area contributed by atoms with Crippen LogP contribution < -0.4 is 0 Å². The summed E-state index contributed by atoms with van der Waals surface area (Å²) in [6.45, 7) is 1.96. The second-order valence-electron chi connectivity index (χ2n) is 3.08. The monoisotopic (exact) mass is 193 g/mol. The van der Waals surface area contributed by atoms with E-state index in [1.807, 2.05) is 31.2 Å². The molecule has 0 fully saturated rings. The van der Waals surface area contributed by atoms with E-state index < -0.39 is 10.8 Å². The Labute approximate surface area is 79.4 Å². The van der Waals surface area contributed by atoms with Gasteiger partial charge in [-0.1, -0.05) is 18.2 Å². The number of para-hydroxylation sites is 1. The first kappa shape index (κ1) is 8.51. The second-order valence-corrected chi connectivity index (χ2v) is 4.40. The Kier molecular flexibility index (Phi) is 1.96. The molecule has 0 spiro atoms. The van der Waals surface area contributed by atoms with Crippen LogP contribution in [0, 0.1) is 6.92 Å². The van der Waals surface area contributed by atoms with Crippen molar-refractivity contribution < 1.29 is 4.21 Å². The third-order valence-corrected chi connectivity index (χ3v) is 3.22. The number of hydrogen-bond donors (Lipinski definition) is 1. The normalized spacial score (nSPS) is 13.4. The van der Waals surface area contributed by atoms with Crippen molar-refractivity contribution in [1.82, 2.24) is 4.98 Å². The van der Waals surface area contributed by atoms with Gasteiger partial charge in [0.1, 0.15) is 0 Å². The van der Waals surface area contributed by atoms with Crippen LogP contribution in [0.5, 0.6) is 0 Å². The molecule has 2 rings (SSSR count). The molecule has 0 aliphatic heterocycles. The Morgan fingerprint density at radius 2 is 2.00 bits per heavy atom.